The van der Waals surface area contributed by atoms with Gasteiger partial charge in [-0.2, -0.15) is 0 Å². The third-order valence-corrected chi connectivity index (χ3v) is 3.84. The van der Waals surface area contributed by atoms with Gasteiger partial charge in [-0.05, 0) is 51.0 Å². The summed E-state index contributed by atoms with van der Waals surface area (Å²) in [6.07, 6.45) is 5.11. The Morgan fingerprint density at radius 1 is 1.28 bits per heavy atom. The molecule has 6 nitrogen and oxygen atoms in total. The Bertz CT molecular complexity index is 555. The van der Waals surface area contributed by atoms with Crippen LogP contribution in [-0.2, 0) is 4.79 Å². The first kappa shape index (κ1) is 21.5. The van der Waals surface area contributed by atoms with Gasteiger partial charge in [0.05, 0.1) is 12.6 Å². The summed E-state index contributed by atoms with van der Waals surface area (Å²) in [5, 5.41) is 6.05. The highest BCUT2D eigenvalue weighted by molar-refractivity contribution is 14.0. The van der Waals surface area contributed by atoms with E-state index in [0.717, 1.165) is 24.3 Å². The Hall–Kier alpha value is -1.51. The van der Waals surface area contributed by atoms with Crippen LogP contribution in [-0.4, -0.2) is 30.6 Å². The van der Waals surface area contributed by atoms with Gasteiger partial charge in [0.15, 0.2) is 5.96 Å². The van der Waals surface area contributed by atoms with Gasteiger partial charge in [-0.1, -0.05) is 12.8 Å². The van der Waals surface area contributed by atoms with Gasteiger partial charge in [-0.15, -0.1) is 24.0 Å². The van der Waals surface area contributed by atoms with E-state index in [1.165, 1.54) is 12.8 Å². The minimum Gasteiger partial charge on any atom is -0.491 e. The van der Waals surface area contributed by atoms with Crippen molar-refractivity contribution in [2.45, 2.75) is 58.1 Å². The summed E-state index contributed by atoms with van der Waals surface area (Å²) in [7, 11) is 0. The molecule has 0 spiro atoms. The molecule has 1 fully saturated rings. The average molecular weight is 460 g/mol. The highest BCUT2D eigenvalue weighted by Gasteiger charge is 2.16. The van der Waals surface area contributed by atoms with Gasteiger partial charge in [0.25, 0.3) is 0 Å². The van der Waals surface area contributed by atoms with Crippen LogP contribution in [0.5, 0.6) is 5.75 Å². The zero-order valence-corrected chi connectivity index (χ0v) is 17.3. The molecular formula is C18H29IN4O2. The van der Waals surface area contributed by atoms with Crippen molar-refractivity contribution in [1.82, 2.24) is 5.32 Å². The van der Waals surface area contributed by atoms with E-state index in [-0.39, 0.29) is 36.0 Å². The molecular weight excluding hydrogens is 431 g/mol. The van der Waals surface area contributed by atoms with E-state index in [1.807, 2.05) is 38.1 Å². The number of ether oxygens (including phenoxy) is 1. The fraction of sp³-hybridized carbons (Fsp3) is 0.556. The lowest BCUT2D eigenvalue weighted by atomic mass is 10.2. The summed E-state index contributed by atoms with van der Waals surface area (Å²) in [6.45, 7) is 4.35. The molecule has 0 atom stereocenters. The van der Waals surface area contributed by atoms with E-state index in [2.05, 4.69) is 15.6 Å². The minimum absolute atomic E-state index is 0. The maximum absolute atomic E-state index is 11.8. The lowest BCUT2D eigenvalue weighted by Gasteiger charge is -2.11. The van der Waals surface area contributed by atoms with Crippen LogP contribution in [0.25, 0.3) is 0 Å². The van der Waals surface area contributed by atoms with Gasteiger partial charge >= 0.3 is 0 Å². The topological polar surface area (TPSA) is 88.7 Å². The number of aliphatic imine (C=N–C) groups is 1. The number of rotatable bonds is 7. The SMILES string of the molecule is CC(C)Oc1ccc(NC(N)=NCCC(=O)NC2CCCC2)cc1.I. The number of carbonyl (C=O) groups is 1. The molecule has 0 saturated heterocycles. The predicted octanol–water partition coefficient (Wildman–Crippen LogP) is 3.27. The molecule has 0 bridgehead atoms. The number of guanidine groups is 1. The Kier molecular flexibility index (Phi) is 9.62. The second kappa shape index (κ2) is 11.2. The number of anilines is 1. The van der Waals surface area contributed by atoms with Crippen molar-refractivity contribution in [3.05, 3.63) is 24.3 Å². The van der Waals surface area contributed by atoms with Crippen LogP contribution < -0.4 is 21.1 Å². The molecule has 0 aromatic heterocycles. The summed E-state index contributed by atoms with van der Waals surface area (Å²) in [6, 6.07) is 7.87. The molecule has 1 aliphatic carbocycles. The van der Waals surface area contributed by atoms with E-state index in [9.17, 15) is 4.79 Å². The van der Waals surface area contributed by atoms with Gasteiger partial charge < -0.3 is 21.1 Å². The molecule has 140 valence electrons. The first-order chi connectivity index (χ1) is 11.5. The molecule has 1 amide bonds. The monoisotopic (exact) mass is 460 g/mol. The van der Waals surface area contributed by atoms with Crippen LogP contribution in [0.15, 0.2) is 29.3 Å². The van der Waals surface area contributed by atoms with Crippen LogP contribution >= 0.6 is 24.0 Å². The maximum atomic E-state index is 11.8. The number of benzene rings is 1. The first-order valence-corrected chi connectivity index (χ1v) is 8.66. The quantitative estimate of drug-likeness (QED) is 0.331. The highest BCUT2D eigenvalue weighted by atomic mass is 127. The number of nitrogens with zero attached hydrogens (tertiary/aromatic N) is 1. The number of hydrogen-bond acceptors (Lipinski definition) is 3. The second-order valence-corrected chi connectivity index (χ2v) is 6.38. The van der Waals surface area contributed by atoms with Crippen molar-refractivity contribution in [3.63, 3.8) is 0 Å². The van der Waals surface area contributed by atoms with Gasteiger partial charge in [-0.3, -0.25) is 9.79 Å². The van der Waals surface area contributed by atoms with Gasteiger partial charge in [0, 0.05) is 18.2 Å². The fourth-order valence-electron chi connectivity index (χ4n) is 2.72. The molecule has 1 saturated carbocycles. The van der Waals surface area contributed by atoms with E-state index < -0.39 is 0 Å². The number of nitrogens with one attached hydrogen (secondary N) is 2. The predicted molar refractivity (Wildman–Crippen MR) is 113 cm³/mol. The molecule has 4 N–H and O–H groups in total. The summed E-state index contributed by atoms with van der Waals surface area (Å²) in [5.74, 6) is 1.17. The molecule has 25 heavy (non-hydrogen) atoms. The summed E-state index contributed by atoms with van der Waals surface area (Å²) in [5.41, 5.74) is 6.69. The summed E-state index contributed by atoms with van der Waals surface area (Å²) < 4.78 is 5.59. The normalized spacial score (nSPS) is 14.9. The van der Waals surface area contributed by atoms with E-state index in [4.69, 9.17) is 10.5 Å². The maximum Gasteiger partial charge on any atom is 0.222 e. The summed E-state index contributed by atoms with van der Waals surface area (Å²) >= 11 is 0. The van der Waals surface area contributed by atoms with Crippen molar-refractivity contribution < 1.29 is 9.53 Å². The lowest BCUT2D eigenvalue weighted by Crippen LogP contribution is -2.33. The van der Waals surface area contributed by atoms with E-state index >= 15 is 0 Å². The Balaban J connectivity index is 0.00000312. The molecule has 0 heterocycles. The third-order valence-electron chi connectivity index (χ3n) is 3.84. The van der Waals surface area contributed by atoms with Crippen molar-refractivity contribution in [2.24, 2.45) is 10.7 Å². The van der Waals surface area contributed by atoms with Crippen molar-refractivity contribution in [3.8, 4) is 5.75 Å². The number of amides is 1. The van der Waals surface area contributed by atoms with Crippen molar-refractivity contribution >= 4 is 41.5 Å². The van der Waals surface area contributed by atoms with Crippen LogP contribution in [0, 0.1) is 0 Å². The van der Waals surface area contributed by atoms with E-state index in [1.54, 1.807) is 0 Å². The zero-order valence-electron chi connectivity index (χ0n) is 15.0. The van der Waals surface area contributed by atoms with Crippen molar-refractivity contribution in [2.75, 3.05) is 11.9 Å². The molecule has 1 aliphatic rings. The van der Waals surface area contributed by atoms with Gasteiger partial charge in [-0.25, -0.2) is 0 Å². The first-order valence-electron chi connectivity index (χ1n) is 8.66. The Morgan fingerprint density at radius 3 is 2.52 bits per heavy atom. The fourth-order valence-corrected chi connectivity index (χ4v) is 2.72. The number of carbonyl (C=O) groups excluding carboxylic acids is 1. The van der Waals surface area contributed by atoms with Gasteiger partial charge in [0.1, 0.15) is 5.75 Å². The van der Waals surface area contributed by atoms with Crippen LogP contribution in [0.2, 0.25) is 0 Å². The van der Waals surface area contributed by atoms with Crippen LogP contribution in [0.3, 0.4) is 0 Å². The van der Waals surface area contributed by atoms with E-state index in [0.29, 0.717) is 25.0 Å². The van der Waals surface area contributed by atoms with Gasteiger partial charge in [0.2, 0.25) is 5.91 Å². The smallest absolute Gasteiger partial charge is 0.222 e. The molecule has 0 unspecified atom stereocenters. The molecule has 7 heteroatoms. The van der Waals surface area contributed by atoms with Crippen LogP contribution in [0.4, 0.5) is 5.69 Å². The lowest BCUT2D eigenvalue weighted by molar-refractivity contribution is -0.121. The Labute approximate surface area is 167 Å². The summed E-state index contributed by atoms with van der Waals surface area (Å²) in [4.78, 5) is 16.0. The number of halogens is 1. The second-order valence-electron chi connectivity index (χ2n) is 6.38. The highest BCUT2D eigenvalue weighted by Crippen LogP contribution is 2.18. The molecule has 1 aromatic rings. The number of nitrogens with two attached hydrogens (primary N) is 1. The largest absolute Gasteiger partial charge is 0.491 e. The molecule has 0 aliphatic heterocycles. The number of hydrogen-bond donors (Lipinski definition) is 3. The Morgan fingerprint density at radius 2 is 1.92 bits per heavy atom. The van der Waals surface area contributed by atoms with Crippen molar-refractivity contribution in [1.29, 1.82) is 0 Å². The molecule has 0 radical (unpaired) electrons. The molecule has 1 aromatic carbocycles. The van der Waals surface area contributed by atoms with Crippen LogP contribution in [0.1, 0.15) is 46.0 Å². The molecule has 2 rings (SSSR count). The minimum atomic E-state index is 0. The average Bonchev–Trinajstić information content (AvgIpc) is 3.01. The third kappa shape index (κ3) is 8.42. The zero-order chi connectivity index (χ0) is 17.4. The standard InChI is InChI=1S/C18H28N4O2.HI/c1-13(2)24-16-9-7-15(8-10-16)22-18(19)20-12-11-17(23)21-14-5-3-4-6-14;/h7-10,13-14H,3-6,11-12H2,1-2H3,(H,21,23)(H3,19,20,22);1H.